The molecule has 1 amide bonds. The monoisotopic (exact) mass is 283 g/mol. The van der Waals surface area contributed by atoms with Gasteiger partial charge in [-0.25, -0.2) is 0 Å². The average molecular weight is 283 g/mol. The van der Waals surface area contributed by atoms with Gasteiger partial charge in [0.1, 0.15) is 5.76 Å². The van der Waals surface area contributed by atoms with Crippen LogP contribution in [-0.4, -0.2) is 17.6 Å². The van der Waals surface area contributed by atoms with E-state index in [1.54, 1.807) is 30.5 Å². The smallest absolute Gasteiger partial charge is 0.253 e. The molecule has 1 aromatic heterocycles. The Kier molecular flexibility index (Phi) is 5.19. The molecule has 1 aromatic carbocycles. The van der Waals surface area contributed by atoms with E-state index in [0.29, 0.717) is 23.3 Å². The maximum Gasteiger partial charge on any atom is 0.253 e. The van der Waals surface area contributed by atoms with E-state index in [4.69, 9.17) is 9.52 Å². The van der Waals surface area contributed by atoms with Crippen molar-refractivity contribution in [1.29, 1.82) is 0 Å². The predicted molar refractivity (Wildman–Crippen MR) is 79.6 cm³/mol. The van der Waals surface area contributed by atoms with E-state index in [-0.39, 0.29) is 18.6 Å². The molecule has 21 heavy (non-hydrogen) atoms. The van der Waals surface area contributed by atoms with Crippen LogP contribution in [0.2, 0.25) is 0 Å². The average Bonchev–Trinajstić information content (AvgIpc) is 3.02. The van der Waals surface area contributed by atoms with Crippen molar-refractivity contribution < 1.29 is 14.3 Å². The largest absolute Gasteiger partial charge is 0.467 e. The summed E-state index contributed by atoms with van der Waals surface area (Å²) < 4.78 is 5.27. The molecule has 0 spiro atoms. The van der Waals surface area contributed by atoms with Gasteiger partial charge in [-0.05, 0) is 31.2 Å². The molecule has 0 saturated carbocycles. The minimum Gasteiger partial charge on any atom is -0.467 e. The van der Waals surface area contributed by atoms with E-state index in [0.717, 1.165) is 0 Å². The third kappa shape index (κ3) is 3.98. The zero-order valence-corrected chi connectivity index (χ0v) is 11.8. The maximum atomic E-state index is 12.3. The van der Waals surface area contributed by atoms with Crippen LogP contribution in [0.5, 0.6) is 0 Å². The Morgan fingerprint density at radius 3 is 2.86 bits per heavy atom. The number of carbonyl (C=O) groups excluding carboxylic acids is 1. The van der Waals surface area contributed by atoms with E-state index in [2.05, 4.69) is 17.2 Å². The van der Waals surface area contributed by atoms with Crippen molar-refractivity contribution in [3.63, 3.8) is 0 Å². The van der Waals surface area contributed by atoms with Gasteiger partial charge < -0.3 is 14.8 Å². The lowest BCUT2D eigenvalue weighted by molar-refractivity contribution is 0.0935. The summed E-state index contributed by atoms with van der Waals surface area (Å²) in [6.45, 7) is 1.87. The van der Waals surface area contributed by atoms with E-state index >= 15 is 0 Å². The van der Waals surface area contributed by atoms with Crippen LogP contribution in [0, 0.1) is 11.8 Å². The quantitative estimate of drug-likeness (QED) is 0.847. The fourth-order valence-corrected chi connectivity index (χ4v) is 1.89. The van der Waals surface area contributed by atoms with Crippen molar-refractivity contribution in [3.8, 4) is 11.8 Å². The summed E-state index contributed by atoms with van der Waals surface area (Å²) in [4.78, 5) is 12.3. The highest BCUT2D eigenvalue weighted by molar-refractivity contribution is 5.96. The highest BCUT2D eigenvalue weighted by Crippen LogP contribution is 2.14. The molecule has 4 nitrogen and oxygen atoms in total. The zero-order chi connectivity index (χ0) is 15.1. The lowest BCUT2D eigenvalue weighted by Gasteiger charge is -2.12. The van der Waals surface area contributed by atoms with Crippen molar-refractivity contribution in [1.82, 2.24) is 5.32 Å². The van der Waals surface area contributed by atoms with Crippen LogP contribution in [0.3, 0.4) is 0 Å². The van der Waals surface area contributed by atoms with E-state index < -0.39 is 0 Å². The fraction of sp³-hybridized carbons (Fsp3) is 0.235. The molecule has 4 heteroatoms. The van der Waals surface area contributed by atoms with Gasteiger partial charge in [0.15, 0.2) is 0 Å². The van der Waals surface area contributed by atoms with Gasteiger partial charge in [0.25, 0.3) is 5.91 Å². The van der Waals surface area contributed by atoms with Crippen molar-refractivity contribution in [2.45, 2.75) is 19.4 Å². The number of hydrogen-bond acceptors (Lipinski definition) is 3. The standard InChI is InChI=1S/C17H17NO3/c1-13(16-10-6-12-21-16)18-17(20)15-9-3-2-7-14(15)8-4-5-11-19/h2-3,6-7,9-10,12-13,19H,5,11H2,1H3,(H,18,20). The van der Waals surface area contributed by atoms with Crippen LogP contribution in [0.15, 0.2) is 47.1 Å². The maximum absolute atomic E-state index is 12.3. The van der Waals surface area contributed by atoms with Crippen molar-refractivity contribution in [2.75, 3.05) is 6.61 Å². The number of hydrogen-bond donors (Lipinski definition) is 2. The lowest BCUT2D eigenvalue weighted by atomic mass is 10.1. The molecule has 2 N–H and O–H groups in total. The Morgan fingerprint density at radius 2 is 2.14 bits per heavy atom. The second-order valence-corrected chi connectivity index (χ2v) is 4.53. The molecule has 0 aliphatic carbocycles. The number of rotatable bonds is 4. The number of aliphatic hydroxyl groups is 1. The Labute approximate surface area is 123 Å². The van der Waals surface area contributed by atoms with Gasteiger partial charge in [-0.15, -0.1) is 0 Å². The Balaban J connectivity index is 2.14. The first-order valence-corrected chi connectivity index (χ1v) is 6.75. The molecule has 0 bridgehead atoms. The van der Waals surface area contributed by atoms with Gasteiger partial charge in [0.05, 0.1) is 24.5 Å². The highest BCUT2D eigenvalue weighted by Gasteiger charge is 2.15. The molecule has 1 atom stereocenters. The number of nitrogens with one attached hydrogen (secondary N) is 1. The Bertz CT molecular complexity index is 650. The third-order valence-corrected chi connectivity index (χ3v) is 2.95. The zero-order valence-electron chi connectivity index (χ0n) is 11.8. The molecule has 1 heterocycles. The van der Waals surface area contributed by atoms with Crippen LogP contribution in [0.25, 0.3) is 0 Å². The summed E-state index contributed by atoms with van der Waals surface area (Å²) in [5.74, 6) is 6.24. The van der Waals surface area contributed by atoms with Gasteiger partial charge in [0, 0.05) is 12.0 Å². The predicted octanol–water partition coefficient (Wildman–Crippen LogP) is 2.50. The number of carbonyl (C=O) groups is 1. The van der Waals surface area contributed by atoms with Gasteiger partial charge in [-0.2, -0.15) is 0 Å². The van der Waals surface area contributed by atoms with Crippen LogP contribution in [0.1, 0.15) is 41.1 Å². The van der Waals surface area contributed by atoms with E-state index in [1.807, 2.05) is 19.1 Å². The minimum atomic E-state index is -0.217. The molecule has 1 unspecified atom stereocenters. The number of amides is 1. The van der Waals surface area contributed by atoms with Crippen LogP contribution in [0.4, 0.5) is 0 Å². The van der Waals surface area contributed by atoms with Gasteiger partial charge >= 0.3 is 0 Å². The number of aliphatic hydroxyl groups excluding tert-OH is 1. The first-order chi connectivity index (χ1) is 10.2. The summed E-state index contributed by atoms with van der Waals surface area (Å²) in [7, 11) is 0. The third-order valence-electron chi connectivity index (χ3n) is 2.95. The van der Waals surface area contributed by atoms with E-state index in [9.17, 15) is 4.79 Å². The van der Waals surface area contributed by atoms with E-state index in [1.165, 1.54) is 0 Å². The normalized spacial score (nSPS) is 11.3. The number of benzene rings is 1. The summed E-state index contributed by atoms with van der Waals surface area (Å²) in [5.41, 5.74) is 1.16. The Morgan fingerprint density at radius 1 is 1.33 bits per heavy atom. The topological polar surface area (TPSA) is 62.5 Å². The molecule has 0 aliphatic rings. The molecular formula is C17H17NO3. The Hall–Kier alpha value is -2.51. The molecule has 0 saturated heterocycles. The van der Waals surface area contributed by atoms with Crippen LogP contribution < -0.4 is 5.32 Å². The molecular weight excluding hydrogens is 266 g/mol. The molecule has 0 fully saturated rings. The van der Waals surface area contributed by atoms with Crippen LogP contribution in [-0.2, 0) is 0 Å². The first-order valence-electron chi connectivity index (χ1n) is 6.75. The second kappa shape index (κ2) is 7.32. The molecule has 2 rings (SSSR count). The van der Waals surface area contributed by atoms with Crippen molar-refractivity contribution >= 4 is 5.91 Å². The first kappa shape index (κ1) is 14.9. The van der Waals surface area contributed by atoms with Gasteiger partial charge in [0.2, 0.25) is 0 Å². The van der Waals surface area contributed by atoms with Crippen molar-refractivity contribution in [3.05, 3.63) is 59.5 Å². The lowest BCUT2D eigenvalue weighted by Crippen LogP contribution is -2.27. The molecule has 108 valence electrons. The SMILES string of the molecule is CC(NC(=O)c1ccccc1C#CCCO)c1ccco1. The summed E-state index contributed by atoms with van der Waals surface area (Å²) >= 11 is 0. The highest BCUT2D eigenvalue weighted by atomic mass is 16.3. The van der Waals surface area contributed by atoms with Gasteiger partial charge in [-0.1, -0.05) is 24.0 Å². The molecule has 0 radical (unpaired) electrons. The summed E-state index contributed by atoms with van der Waals surface area (Å²) in [5, 5.41) is 11.6. The second-order valence-electron chi connectivity index (χ2n) is 4.53. The minimum absolute atomic E-state index is 0.0108. The van der Waals surface area contributed by atoms with Gasteiger partial charge in [-0.3, -0.25) is 4.79 Å². The summed E-state index contributed by atoms with van der Waals surface area (Å²) in [6, 6.07) is 10.5. The summed E-state index contributed by atoms with van der Waals surface area (Å²) in [6.07, 6.45) is 1.96. The molecule has 0 aliphatic heterocycles. The fourth-order valence-electron chi connectivity index (χ4n) is 1.89. The van der Waals surface area contributed by atoms with Crippen LogP contribution >= 0.6 is 0 Å². The van der Waals surface area contributed by atoms with Crippen molar-refractivity contribution in [2.24, 2.45) is 0 Å². The molecule has 2 aromatic rings. The number of furan rings is 1.